The highest BCUT2D eigenvalue weighted by Gasteiger charge is 2.16. The Balaban J connectivity index is 1.71. The number of nitrogens with zero attached hydrogens (tertiary/aromatic N) is 2. The molecule has 1 fully saturated rings. The summed E-state index contributed by atoms with van der Waals surface area (Å²) in [7, 11) is 0. The SMILES string of the molecule is ClCCCCCN1CCN(c2ccc(Cl)cc2)CC1. The molecule has 106 valence electrons. The Hall–Kier alpha value is -0.440. The molecule has 0 amide bonds. The lowest BCUT2D eigenvalue weighted by atomic mass is 10.2. The van der Waals surface area contributed by atoms with E-state index in [0.29, 0.717) is 0 Å². The highest BCUT2D eigenvalue weighted by Crippen LogP contribution is 2.19. The van der Waals surface area contributed by atoms with Gasteiger partial charge in [-0.15, -0.1) is 11.6 Å². The van der Waals surface area contributed by atoms with Gasteiger partial charge in [-0.3, -0.25) is 4.90 Å². The van der Waals surface area contributed by atoms with Crippen molar-refractivity contribution in [3.05, 3.63) is 29.3 Å². The van der Waals surface area contributed by atoms with Gasteiger partial charge in [0.25, 0.3) is 0 Å². The molecule has 2 rings (SSSR count). The number of anilines is 1. The zero-order valence-corrected chi connectivity index (χ0v) is 12.8. The van der Waals surface area contributed by atoms with Crippen LogP contribution >= 0.6 is 23.2 Å². The second-order valence-corrected chi connectivity index (χ2v) is 5.87. The van der Waals surface area contributed by atoms with Crippen LogP contribution in [0.3, 0.4) is 0 Å². The molecule has 0 atom stereocenters. The first-order valence-corrected chi connectivity index (χ1v) is 7.99. The topological polar surface area (TPSA) is 6.48 Å². The number of hydrogen-bond donors (Lipinski definition) is 0. The van der Waals surface area contributed by atoms with Crippen molar-refractivity contribution in [3.8, 4) is 0 Å². The van der Waals surface area contributed by atoms with Gasteiger partial charge < -0.3 is 4.90 Å². The Kier molecular flexibility index (Phi) is 6.29. The molecule has 19 heavy (non-hydrogen) atoms. The molecule has 1 aromatic rings. The number of rotatable bonds is 6. The molecule has 1 aliphatic heterocycles. The molecular weight excluding hydrogens is 279 g/mol. The smallest absolute Gasteiger partial charge is 0.0407 e. The average Bonchev–Trinajstić information content (AvgIpc) is 2.45. The van der Waals surface area contributed by atoms with Gasteiger partial charge in [-0.05, 0) is 43.7 Å². The molecular formula is C15H22Cl2N2. The lowest BCUT2D eigenvalue weighted by molar-refractivity contribution is 0.253. The predicted octanol–water partition coefficient (Wildman–Crippen LogP) is 3.87. The van der Waals surface area contributed by atoms with Gasteiger partial charge in [-0.2, -0.15) is 0 Å². The summed E-state index contributed by atoms with van der Waals surface area (Å²) in [6.07, 6.45) is 3.67. The van der Waals surface area contributed by atoms with Gasteiger partial charge in [-0.25, -0.2) is 0 Å². The first kappa shape index (κ1) is 15.0. The minimum Gasteiger partial charge on any atom is -0.369 e. The zero-order chi connectivity index (χ0) is 13.5. The summed E-state index contributed by atoms with van der Waals surface area (Å²) in [5.41, 5.74) is 1.28. The Labute approximate surface area is 126 Å². The van der Waals surface area contributed by atoms with Crippen molar-refractivity contribution in [2.24, 2.45) is 0 Å². The van der Waals surface area contributed by atoms with Crippen molar-refractivity contribution in [1.29, 1.82) is 0 Å². The van der Waals surface area contributed by atoms with E-state index >= 15 is 0 Å². The van der Waals surface area contributed by atoms with Crippen molar-refractivity contribution in [3.63, 3.8) is 0 Å². The second kappa shape index (κ2) is 7.98. The molecule has 1 heterocycles. The highest BCUT2D eigenvalue weighted by molar-refractivity contribution is 6.30. The predicted molar refractivity (Wildman–Crippen MR) is 84.7 cm³/mol. The van der Waals surface area contributed by atoms with Crippen molar-refractivity contribution in [1.82, 2.24) is 4.90 Å². The highest BCUT2D eigenvalue weighted by atomic mass is 35.5. The van der Waals surface area contributed by atoms with E-state index in [0.717, 1.165) is 43.5 Å². The second-order valence-electron chi connectivity index (χ2n) is 5.05. The third-order valence-corrected chi connectivity index (χ3v) is 4.19. The van der Waals surface area contributed by atoms with E-state index < -0.39 is 0 Å². The maximum absolute atomic E-state index is 5.92. The van der Waals surface area contributed by atoms with Gasteiger partial charge in [0, 0.05) is 42.8 Å². The summed E-state index contributed by atoms with van der Waals surface area (Å²) in [6.45, 7) is 5.74. The van der Waals surface area contributed by atoms with E-state index in [4.69, 9.17) is 23.2 Å². The molecule has 0 saturated carbocycles. The third kappa shape index (κ3) is 4.87. The summed E-state index contributed by atoms with van der Waals surface area (Å²) >= 11 is 11.6. The maximum Gasteiger partial charge on any atom is 0.0407 e. The quantitative estimate of drug-likeness (QED) is 0.581. The summed E-state index contributed by atoms with van der Waals surface area (Å²) in [4.78, 5) is 4.99. The molecule has 0 aromatic heterocycles. The summed E-state index contributed by atoms with van der Waals surface area (Å²) < 4.78 is 0. The summed E-state index contributed by atoms with van der Waals surface area (Å²) in [5, 5.41) is 0.807. The molecule has 4 heteroatoms. The number of alkyl halides is 1. The van der Waals surface area contributed by atoms with Gasteiger partial charge in [0.2, 0.25) is 0 Å². The first-order chi connectivity index (χ1) is 9.29. The zero-order valence-electron chi connectivity index (χ0n) is 11.3. The molecule has 0 radical (unpaired) electrons. The van der Waals surface area contributed by atoms with Crippen molar-refractivity contribution >= 4 is 28.9 Å². The van der Waals surface area contributed by atoms with E-state index in [2.05, 4.69) is 21.9 Å². The van der Waals surface area contributed by atoms with Crippen LogP contribution in [0.25, 0.3) is 0 Å². The minimum atomic E-state index is 0.796. The van der Waals surface area contributed by atoms with Gasteiger partial charge >= 0.3 is 0 Å². The molecule has 1 aliphatic rings. The van der Waals surface area contributed by atoms with Crippen LogP contribution in [0.1, 0.15) is 19.3 Å². The van der Waals surface area contributed by atoms with Crippen LogP contribution in [0.4, 0.5) is 5.69 Å². The van der Waals surface area contributed by atoms with Crippen molar-refractivity contribution in [2.45, 2.75) is 19.3 Å². The Bertz CT molecular complexity index is 359. The maximum atomic E-state index is 5.92. The minimum absolute atomic E-state index is 0.796. The van der Waals surface area contributed by atoms with Crippen molar-refractivity contribution < 1.29 is 0 Å². The van der Waals surface area contributed by atoms with Crippen LogP contribution in [0.5, 0.6) is 0 Å². The monoisotopic (exact) mass is 300 g/mol. The summed E-state index contributed by atoms with van der Waals surface area (Å²) in [5.74, 6) is 0.796. The number of unbranched alkanes of at least 4 members (excludes halogenated alkanes) is 2. The third-order valence-electron chi connectivity index (χ3n) is 3.67. The molecule has 2 nitrogen and oxygen atoms in total. The van der Waals surface area contributed by atoms with Crippen LogP contribution < -0.4 is 4.90 Å². The fourth-order valence-electron chi connectivity index (χ4n) is 2.49. The fraction of sp³-hybridized carbons (Fsp3) is 0.600. The van der Waals surface area contributed by atoms with Crippen molar-refractivity contribution in [2.75, 3.05) is 43.5 Å². The van der Waals surface area contributed by atoms with Gasteiger partial charge in [0.1, 0.15) is 0 Å². The van der Waals surface area contributed by atoms with Gasteiger partial charge in [-0.1, -0.05) is 18.0 Å². The van der Waals surface area contributed by atoms with E-state index in [-0.39, 0.29) is 0 Å². The van der Waals surface area contributed by atoms with Crippen LogP contribution in [0.15, 0.2) is 24.3 Å². The Morgan fingerprint density at radius 1 is 0.895 bits per heavy atom. The molecule has 0 bridgehead atoms. The standard InChI is InChI=1S/C15H22Cl2N2/c16-8-2-1-3-9-18-10-12-19(13-11-18)15-6-4-14(17)5-7-15/h4-7H,1-3,8-13H2. The summed E-state index contributed by atoms with van der Waals surface area (Å²) in [6, 6.07) is 8.15. The van der Waals surface area contributed by atoms with Crippen LogP contribution in [-0.4, -0.2) is 43.5 Å². The van der Waals surface area contributed by atoms with E-state index in [1.54, 1.807) is 0 Å². The van der Waals surface area contributed by atoms with E-state index in [9.17, 15) is 0 Å². The molecule has 0 unspecified atom stereocenters. The lowest BCUT2D eigenvalue weighted by Crippen LogP contribution is -2.46. The average molecular weight is 301 g/mol. The number of halogens is 2. The molecule has 0 spiro atoms. The largest absolute Gasteiger partial charge is 0.369 e. The molecule has 1 aromatic carbocycles. The van der Waals surface area contributed by atoms with Crippen LogP contribution in [0, 0.1) is 0 Å². The lowest BCUT2D eigenvalue weighted by Gasteiger charge is -2.36. The Morgan fingerprint density at radius 2 is 1.58 bits per heavy atom. The molecule has 0 N–H and O–H groups in total. The number of hydrogen-bond acceptors (Lipinski definition) is 2. The van der Waals surface area contributed by atoms with Crippen LogP contribution in [0.2, 0.25) is 5.02 Å². The number of benzene rings is 1. The normalized spacial score (nSPS) is 16.8. The fourth-order valence-corrected chi connectivity index (χ4v) is 2.80. The molecule has 0 aliphatic carbocycles. The Morgan fingerprint density at radius 3 is 2.21 bits per heavy atom. The number of piperazine rings is 1. The van der Waals surface area contributed by atoms with Crippen LogP contribution in [-0.2, 0) is 0 Å². The van der Waals surface area contributed by atoms with Gasteiger partial charge in [0.05, 0.1) is 0 Å². The van der Waals surface area contributed by atoms with E-state index in [1.165, 1.54) is 25.1 Å². The first-order valence-electron chi connectivity index (χ1n) is 7.08. The van der Waals surface area contributed by atoms with Gasteiger partial charge in [0.15, 0.2) is 0 Å². The molecule has 1 saturated heterocycles. The van der Waals surface area contributed by atoms with E-state index in [1.807, 2.05) is 12.1 Å².